The Morgan fingerprint density at radius 3 is 2.41 bits per heavy atom. The summed E-state index contributed by atoms with van der Waals surface area (Å²) in [6.07, 6.45) is 1.52. The van der Waals surface area contributed by atoms with E-state index in [2.05, 4.69) is 4.99 Å². The molecule has 1 amide bonds. The lowest BCUT2D eigenvalue weighted by molar-refractivity contribution is -0.385. The molecule has 0 unspecified atom stereocenters. The SMILES string of the molecule is COc1cc(/C=C2/SC(=Nc3ccc(C)cc3)N(C(C)C)C2=O)c([N+](=O)[O-])cc1OCc1ccccc1. The van der Waals surface area contributed by atoms with Crippen LogP contribution in [-0.2, 0) is 11.4 Å². The monoisotopic (exact) mass is 517 g/mol. The number of hydrogen-bond acceptors (Lipinski definition) is 7. The van der Waals surface area contributed by atoms with Gasteiger partial charge >= 0.3 is 0 Å². The molecule has 1 saturated heterocycles. The highest BCUT2D eigenvalue weighted by molar-refractivity contribution is 8.18. The number of hydrogen-bond donors (Lipinski definition) is 0. The zero-order chi connectivity index (χ0) is 26.5. The summed E-state index contributed by atoms with van der Waals surface area (Å²) in [5, 5.41) is 12.5. The molecule has 0 N–H and O–H groups in total. The Morgan fingerprint density at radius 1 is 1.08 bits per heavy atom. The summed E-state index contributed by atoms with van der Waals surface area (Å²) in [4.78, 5) is 31.4. The quantitative estimate of drug-likeness (QED) is 0.192. The van der Waals surface area contributed by atoms with Gasteiger partial charge in [-0.1, -0.05) is 48.0 Å². The molecule has 1 aliphatic rings. The number of thioether (sulfide) groups is 1. The Kier molecular flexibility index (Phi) is 7.93. The van der Waals surface area contributed by atoms with E-state index in [1.54, 1.807) is 4.90 Å². The number of benzene rings is 3. The van der Waals surface area contributed by atoms with E-state index in [0.717, 1.165) is 16.8 Å². The van der Waals surface area contributed by atoms with Gasteiger partial charge in [0.25, 0.3) is 11.6 Å². The number of methoxy groups -OCH3 is 1. The average Bonchev–Trinajstić information content (AvgIpc) is 3.19. The van der Waals surface area contributed by atoms with E-state index in [-0.39, 0.29) is 35.6 Å². The van der Waals surface area contributed by atoms with E-state index < -0.39 is 4.92 Å². The standard InChI is InChI=1S/C28H27N3O5S/c1-18(2)30-27(32)26(37-28(30)29-22-12-10-19(3)11-13-22)15-21-14-24(35-4)25(16-23(21)31(33)34)36-17-20-8-6-5-7-9-20/h5-16,18H,17H2,1-4H3/b26-15+,29-28?. The molecule has 3 aromatic carbocycles. The molecule has 3 aromatic rings. The van der Waals surface area contributed by atoms with E-state index in [0.29, 0.717) is 15.8 Å². The zero-order valence-electron chi connectivity index (χ0n) is 21.0. The van der Waals surface area contributed by atoms with Gasteiger partial charge < -0.3 is 9.47 Å². The smallest absolute Gasteiger partial charge is 0.280 e. The van der Waals surface area contributed by atoms with Crippen molar-refractivity contribution in [2.24, 2.45) is 4.99 Å². The maximum atomic E-state index is 13.3. The largest absolute Gasteiger partial charge is 0.493 e. The summed E-state index contributed by atoms with van der Waals surface area (Å²) >= 11 is 1.19. The fourth-order valence-electron chi connectivity index (χ4n) is 3.74. The van der Waals surface area contributed by atoms with Crippen LogP contribution in [0.4, 0.5) is 11.4 Å². The van der Waals surface area contributed by atoms with Gasteiger partial charge in [-0.2, -0.15) is 0 Å². The second-order valence-electron chi connectivity index (χ2n) is 8.70. The summed E-state index contributed by atoms with van der Waals surface area (Å²) in [7, 11) is 1.47. The van der Waals surface area contributed by atoms with Crippen LogP contribution in [0.15, 0.2) is 76.6 Å². The molecule has 190 valence electrons. The molecule has 0 aliphatic carbocycles. The fraction of sp³-hybridized carbons (Fsp3) is 0.214. The van der Waals surface area contributed by atoms with E-state index in [4.69, 9.17) is 9.47 Å². The predicted molar refractivity (Wildman–Crippen MR) is 146 cm³/mol. The van der Waals surface area contributed by atoms with Crippen LogP contribution in [-0.4, -0.2) is 34.0 Å². The minimum Gasteiger partial charge on any atom is -0.493 e. The topological polar surface area (TPSA) is 94.3 Å². The van der Waals surface area contributed by atoms with E-state index in [9.17, 15) is 14.9 Å². The van der Waals surface area contributed by atoms with Crippen LogP contribution in [0.2, 0.25) is 0 Å². The molecule has 8 nitrogen and oxygen atoms in total. The lowest BCUT2D eigenvalue weighted by Gasteiger charge is -2.19. The van der Waals surface area contributed by atoms with Gasteiger partial charge in [0.05, 0.1) is 34.3 Å². The minimum atomic E-state index is -0.493. The highest BCUT2D eigenvalue weighted by Crippen LogP contribution is 2.40. The summed E-state index contributed by atoms with van der Waals surface area (Å²) in [6.45, 7) is 6.02. The van der Waals surface area contributed by atoms with Crippen LogP contribution in [0.25, 0.3) is 6.08 Å². The molecule has 0 spiro atoms. The van der Waals surface area contributed by atoms with Crippen molar-refractivity contribution in [3.63, 3.8) is 0 Å². The highest BCUT2D eigenvalue weighted by atomic mass is 32.2. The van der Waals surface area contributed by atoms with Crippen molar-refractivity contribution in [3.05, 3.63) is 98.4 Å². The summed E-state index contributed by atoms with van der Waals surface area (Å²) < 4.78 is 11.3. The number of aryl methyl sites for hydroxylation is 1. The van der Waals surface area contributed by atoms with Crippen LogP contribution in [0.5, 0.6) is 11.5 Å². The third kappa shape index (κ3) is 6.00. The molecule has 0 bridgehead atoms. The molecule has 0 atom stereocenters. The van der Waals surface area contributed by atoms with Gasteiger partial charge in [-0.3, -0.25) is 19.8 Å². The van der Waals surface area contributed by atoms with Crippen molar-refractivity contribution < 1.29 is 19.2 Å². The van der Waals surface area contributed by atoms with Crippen LogP contribution in [0.1, 0.15) is 30.5 Å². The molecule has 1 aliphatic heterocycles. The minimum absolute atomic E-state index is 0.145. The van der Waals surface area contributed by atoms with Gasteiger partial charge in [-0.15, -0.1) is 0 Å². The number of amides is 1. The van der Waals surface area contributed by atoms with E-state index in [1.165, 1.54) is 37.1 Å². The van der Waals surface area contributed by atoms with Crippen LogP contribution in [0.3, 0.4) is 0 Å². The average molecular weight is 518 g/mol. The first-order chi connectivity index (χ1) is 17.8. The van der Waals surface area contributed by atoms with Crippen molar-refractivity contribution >= 4 is 40.3 Å². The summed E-state index contributed by atoms with van der Waals surface area (Å²) in [5.41, 5.74) is 2.80. The summed E-state index contributed by atoms with van der Waals surface area (Å²) in [5.74, 6) is 0.317. The number of nitro groups is 1. The molecule has 0 radical (unpaired) electrons. The first-order valence-electron chi connectivity index (χ1n) is 11.7. The number of ether oxygens (including phenoxy) is 2. The van der Waals surface area contributed by atoms with Crippen molar-refractivity contribution in [3.8, 4) is 11.5 Å². The molecular weight excluding hydrogens is 490 g/mol. The molecule has 0 saturated carbocycles. The van der Waals surface area contributed by atoms with Gasteiger partial charge in [0.1, 0.15) is 6.61 Å². The second kappa shape index (κ2) is 11.3. The lowest BCUT2D eigenvalue weighted by atomic mass is 10.1. The van der Waals surface area contributed by atoms with Crippen molar-refractivity contribution in [2.75, 3.05) is 7.11 Å². The Balaban J connectivity index is 1.69. The zero-order valence-corrected chi connectivity index (χ0v) is 21.8. The first kappa shape index (κ1) is 26.0. The molecule has 1 heterocycles. The van der Waals surface area contributed by atoms with Gasteiger partial charge in [-0.25, -0.2) is 4.99 Å². The van der Waals surface area contributed by atoms with Crippen molar-refractivity contribution in [1.82, 2.24) is 4.90 Å². The third-order valence-corrected chi connectivity index (χ3v) is 6.63. The summed E-state index contributed by atoms with van der Waals surface area (Å²) in [6, 6.07) is 19.9. The molecule has 4 rings (SSSR count). The molecule has 9 heteroatoms. The number of nitro benzene ring substituents is 1. The maximum Gasteiger partial charge on any atom is 0.280 e. The second-order valence-corrected chi connectivity index (χ2v) is 9.71. The number of nitrogens with zero attached hydrogens (tertiary/aromatic N) is 3. The molecular formula is C28H27N3O5S. The number of carbonyl (C=O) groups is 1. The van der Waals surface area contributed by atoms with Crippen molar-refractivity contribution in [1.29, 1.82) is 0 Å². The van der Waals surface area contributed by atoms with Crippen molar-refractivity contribution in [2.45, 2.75) is 33.4 Å². The Labute approximate surface area is 219 Å². The van der Waals surface area contributed by atoms with Gasteiger partial charge in [0, 0.05) is 6.04 Å². The van der Waals surface area contributed by atoms with Gasteiger partial charge in [0.15, 0.2) is 16.7 Å². The van der Waals surface area contributed by atoms with E-state index >= 15 is 0 Å². The van der Waals surface area contributed by atoms with Gasteiger partial charge in [-0.05, 0) is 62.4 Å². The number of amidine groups is 1. The maximum absolute atomic E-state index is 13.3. The lowest BCUT2D eigenvalue weighted by Crippen LogP contribution is -2.35. The number of carbonyl (C=O) groups excluding carboxylic acids is 1. The van der Waals surface area contributed by atoms with Crippen LogP contribution in [0, 0.1) is 17.0 Å². The number of aliphatic imine (C=N–C) groups is 1. The highest BCUT2D eigenvalue weighted by Gasteiger charge is 2.36. The fourth-order valence-corrected chi connectivity index (χ4v) is 4.85. The molecule has 0 aromatic heterocycles. The van der Waals surface area contributed by atoms with Crippen LogP contribution < -0.4 is 9.47 Å². The Bertz CT molecular complexity index is 1370. The molecule has 1 fully saturated rings. The predicted octanol–water partition coefficient (Wildman–Crippen LogP) is 6.50. The number of rotatable bonds is 8. The van der Waals surface area contributed by atoms with Gasteiger partial charge in [0.2, 0.25) is 0 Å². The Hall–Kier alpha value is -4.11. The molecule has 37 heavy (non-hydrogen) atoms. The van der Waals surface area contributed by atoms with E-state index in [1.807, 2.05) is 75.4 Å². The normalized spacial score (nSPS) is 15.6. The Morgan fingerprint density at radius 2 is 1.78 bits per heavy atom. The third-order valence-electron chi connectivity index (χ3n) is 5.65. The van der Waals surface area contributed by atoms with Crippen LogP contribution >= 0.6 is 11.8 Å². The first-order valence-corrected chi connectivity index (χ1v) is 12.5.